The quantitative estimate of drug-likeness (QED) is 0.750. The Balaban J connectivity index is 2.44. The standard InChI is InChI=1S/C14H31N3O2S/c1-11(2)13(5)16-20(18,19)17-8-6-14(7-9-17)10-15-12(3)4/h11-16H,6-10H2,1-5H3. The highest BCUT2D eigenvalue weighted by Gasteiger charge is 2.29. The first-order valence-electron chi connectivity index (χ1n) is 7.73. The van der Waals surface area contributed by atoms with E-state index in [0.717, 1.165) is 19.4 Å². The van der Waals surface area contributed by atoms with E-state index in [-0.39, 0.29) is 6.04 Å². The molecule has 5 nitrogen and oxygen atoms in total. The van der Waals surface area contributed by atoms with Gasteiger partial charge in [0.05, 0.1) is 0 Å². The maximum atomic E-state index is 12.3. The molecule has 1 aliphatic rings. The van der Waals surface area contributed by atoms with Crippen LogP contribution in [0.3, 0.4) is 0 Å². The topological polar surface area (TPSA) is 61.4 Å². The lowest BCUT2D eigenvalue weighted by Crippen LogP contribution is -2.49. The lowest BCUT2D eigenvalue weighted by atomic mass is 9.98. The van der Waals surface area contributed by atoms with Crippen LogP contribution < -0.4 is 10.0 Å². The summed E-state index contributed by atoms with van der Waals surface area (Å²) in [5.41, 5.74) is 0. The third kappa shape index (κ3) is 5.68. The van der Waals surface area contributed by atoms with E-state index in [1.165, 1.54) is 0 Å². The van der Waals surface area contributed by atoms with Gasteiger partial charge in [0.15, 0.2) is 0 Å². The third-order valence-electron chi connectivity index (χ3n) is 4.06. The minimum atomic E-state index is -3.32. The Morgan fingerprint density at radius 3 is 2.10 bits per heavy atom. The Morgan fingerprint density at radius 2 is 1.65 bits per heavy atom. The van der Waals surface area contributed by atoms with Crippen LogP contribution >= 0.6 is 0 Å². The first kappa shape index (κ1) is 17.9. The zero-order chi connectivity index (χ0) is 15.3. The summed E-state index contributed by atoms with van der Waals surface area (Å²) in [6.07, 6.45) is 1.88. The van der Waals surface area contributed by atoms with Crippen molar-refractivity contribution < 1.29 is 8.42 Å². The molecule has 1 aliphatic heterocycles. The monoisotopic (exact) mass is 305 g/mol. The highest BCUT2D eigenvalue weighted by Crippen LogP contribution is 2.19. The molecule has 0 aliphatic carbocycles. The molecule has 1 saturated heterocycles. The number of rotatable bonds is 7. The summed E-state index contributed by atoms with van der Waals surface area (Å²) < 4.78 is 28.9. The molecule has 1 heterocycles. The summed E-state index contributed by atoms with van der Waals surface area (Å²) in [6.45, 7) is 12.5. The van der Waals surface area contributed by atoms with Gasteiger partial charge in [-0.1, -0.05) is 27.7 Å². The predicted molar refractivity (Wildman–Crippen MR) is 83.8 cm³/mol. The lowest BCUT2D eigenvalue weighted by molar-refractivity contribution is 0.259. The fourth-order valence-corrected chi connectivity index (χ4v) is 3.78. The number of hydrogen-bond donors (Lipinski definition) is 2. The summed E-state index contributed by atoms with van der Waals surface area (Å²) in [5, 5.41) is 3.43. The molecule has 0 radical (unpaired) electrons. The van der Waals surface area contributed by atoms with E-state index in [0.29, 0.717) is 31.0 Å². The van der Waals surface area contributed by atoms with E-state index in [4.69, 9.17) is 0 Å². The van der Waals surface area contributed by atoms with Gasteiger partial charge in [0.2, 0.25) is 0 Å². The van der Waals surface area contributed by atoms with E-state index >= 15 is 0 Å². The molecule has 0 aromatic rings. The Labute approximate surface area is 124 Å². The zero-order valence-electron chi connectivity index (χ0n) is 13.5. The van der Waals surface area contributed by atoms with Gasteiger partial charge in [-0.05, 0) is 38.1 Å². The molecule has 2 N–H and O–H groups in total. The second-order valence-corrected chi connectivity index (χ2v) is 8.26. The molecule has 1 atom stereocenters. The van der Waals surface area contributed by atoms with Gasteiger partial charge in [-0.15, -0.1) is 0 Å². The van der Waals surface area contributed by atoms with Gasteiger partial charge in [-0.3, -0.25) is 0 Å². The van der Waals surface area contributed by atoms with Crippen LogP contribution in [0.2, 0.25) is 0 Å². The third-order valence-corrected chi connectivity index (χ3v) is 5.78. The average molecular weight is 305 g/mol. The Kier molecular flexibility index (Phi) is 6.91. The number of piperidine rings is 1. The van der Waals surface area contributed by atoms with E-state index in [9.17, 15) is 8.42 Å². The van der Waals surface area contributed by atoms with Crippen LogP contribution in [0.1, 0.15) is 47.5 Å². The molecule has 20 heavy (non-hydrogen) atoms. The van der Waals surface area contributed by atoms with E-state index in [2.05, 4.69) is 23.9 Å². The molecule has 1 rings (SSSR count). The second-order valence-electron chi connectivity index (χ2n) is 6.56. The predicted octanol–water partition coefficient (Wildman–Crippen LogP) is 1.58. The molecule has 0 aromatic heterocycles. The number of nitrogens with zero attached hydrogens (tertiary/aromatic N) is 1. The van der Waals surface area contributed by atoms with Crippen molar-refractivity contribution in [2.24, 2.45) is 11.8 Å². The summed E-state index contributed by atoms with van der Waals surface area (Å²) in [7, 11) is -3.32. The van der Waals surface area contributed by atoms with Crippen LogP contribution in [0.25, 0.3) is 0 Å². The van der Waals surface area contributed by atoms with Crippen molar-refractivity contribution in [3.63, 3.8) is 0 Å². The Bertz CT molecular complexity index is 374. The summed E-state index contributed by atoms with van der Waals surface area (Å²) in [5.74, 6) is 0.893. The SMILES string of the molecule is CC(C)NCC1CCN(S(=O)(=O)NC(C)C(C)C)CC1. The Hall–Kier alpha value is -0.170. The summed E-state index contributed by atoms with van der Waals surface area (Å²) in [4.78, 5) is 0. The van der Waals surface area contributed by atoms with E-state index in [1.54, 1.807) is 4.31 Å². The Morgan fingerprint density at radius 1 is 1.10 bits per heavy atom. The maximum Gasteiger partial charge on any atom is 0.279 e. The zero-order valence-corrected chi connectivity index (χ0v) is 14.3. The highest BCUT2D eigenvalue weighted by atomic mass is 32.2. The van der Waals surface area contributed by atoms with Crippen LogP contribution in [0.5, 0.6) is 0 Å². The second kappa shape index (κ2) is 7.73. The van der Waals surface area contributed by atoms with Crippen LogP contribution in [0.15, 0.2) is 0 Å². The molecule has 0 saturated carbocycles. The van der Waals surface area contributed by atoms with E-state index in [1.807, 2.05) is 20.8 Å². The fraction of sp³-hybridized carbons (Fsp3) is 1.00. The molecular formula is C14H31N3O2S. The van der Waals surface area contributed by atoms with Crippen molar-refractivity contribution in [1.29, 1.82) is 0 Å². The van der Waals surface area contributed by atoms with Crippen LogP contribution in [0, 0.1) is 11.8 Å². The van der Waals surface area contributed by atoms with E-state index < -0.39 is 10.2 Å². The van der Waals surface area contributed by atoms with Gasteiger partial charge in [-0.25, -0.2) is 0 Å². The molecular weight excluding hydrogens is 274 g/mol. The van der Waals surface area contributed by atoms with Gasteiger partial charge in [0, 0.05) is 25.2 Å². The molecule has 1 unspecified atom stereocenters. The molecule has 0 spiro atoms. The van der Waals surface area contributed by atoms with Gasteiger partial charge in [0.1, 0.15) is 0 Å². The van der Waals surface area contributed by atoms with Crippen molar-refractivity contribution in [2.45, 2.75) is 59.5 Å². The maximum absolute atomic E-state index is 12.3. The minimum absolute atomic E-state index is 0.0275. The van der Waals surface area contributed by atoms with Crippen molar-refractivity contribution >= 4 is 10.2 Å². The molecule has 0 bridgehead atoms. The minimum Gasteiger partial charge on any atom is -0.314 e. The van der Waals surface area contributed by atoms with Crippen molar-refractivity contribution in [3.8, 4) is 0 Å². The van der Waals surface area contributed by atoms with Gasteiger partial charge in [0.25, 0.3) is 10.2 Å². The highest BCUT2D eigenvalue weighted by molar-refractivity contribution is 7.87. The smallest absolute Gasteiger partial charge is 0.279 e. The number of hydrogen-bond acceptors (Lipinski definition) is 3. The number of nitrogens with one attached hydrogen (secondary N) is 2. The molecule has 1 fully saturated rings. The van der Waals surface area contributed by atoms with Crippen LogP contribution in [0.4, 0.5) is 0 Å². The van der Waals surface area contributed by atoms with Gasteiger partial charge < -0.3 is 5.32 Å². The van der Waals surface area contributed by atoms with Gasteiger partial charge >= 0.3 is 0 Å². The fourth-order valence-electron chi connectivity index (χ4n) is 2.20. The van der Waals surface area contributed by atoms with Gasteiger partial charge in [-0.2, -0.15) is 17.4 Å². The van der Waals surface area contributed by atoms with Crippen LogP contribution in [-0.2, 0) is 10.2 Å². The molecule has 6 heteroatoms. The van der Waals surface area contributed by atoms with Crippen molar-refractivity contribution in [2.75, 3.05) is 19.6 Å². The normalized spacial score (nSPS) is 20.8. The first-order chi connectivity index (χ1) is 9.22. The van der Waals surface area contributed by atoms with Crippen molar-refractivity contribution in [3.05, 3.63) is 0 Å². The molecule has 0 amide bonds. The summed E-state index contributed by atoms with van der Waals surface area (Å²) in [6, 6.07) is 0.464. The largest absolute Gasteiger partial charge is 0.314 e. The molecule has 120 valence electrons. The van der Waals surface area contributed by atoms with Crippen LogP contribution in [-0.4, -0.2) is 44.4 Å². The summed E-state index contributed by atoms with van der Waals surface area (Å²) >= 11 is 0. The molecule has 0 aromatic carbocycles. The first-order valence-corrected chi connectivity index (χ1v) is 9.17. The lowest BCUT2D eigenvalue weighted by Gasteiger charge is -2.33. The van der Waals surface area contributed by atoms with Crippen molar-refractivity contribution in [1.82, 2.24) is 14.3 Å². The average Bonchev–Trinajstić information content (AvgIpc) is 2.36.